The molecule has 0 spiro atoms. The normalized spacial score (nSPS) is 10.3. The van der Waals surface area contributed by atoms with Crippen LogP contribution in [0.1, 0.15) is 18.1 Å². The van der Waals surface area contributed by atoms with Gasteiger partial charge >= 0.3 is 0 Å². The van der Waals surface area contributed by atoms with Gasteiger partial charge in [-0.3, -0.25) is 0 Å². The van der Waals surface area contributed by atoms with Crippen LogP contribution < -0.4 is 9.47 Å². The van der Waals surface area contributed by atoms with Crippen LogP contribution in [-0.4, -0.2) is 0 Å². The highest BCUT2D eigenvalue weighted by atomic mass is 16.5. The van der Waals surface area contributed by atoms with E-state index in [0.29, 0.717) is 11.5 Å². The number of ether oxygens (including phenoxy) is 2. The Labute approximate surface area is 123 Å². The quantitative estimate of drug-likeness (QED) is 0.626. The number of hydrogen-bond acceptors (Lipinski definition) is 4. The summed E-state index contributed by atoms with van der Waals surface area (Å²) in [5.41, 5.74) is 3.13. The van der Waals surface area contributed by atoms with Gasteiger partial charge in [-0.15, -0.1) is 10.5 Å². The maximum absolute atomic E-state index is 8.44. The zero-order valence-corrected chi connectivity index (χ0v) is 11.4. The molecule has 0 saturated carbocycles. The molecular weight excluding hydrogens is 264 g/mol. The molecule has 0 aliphatic rings. The van der Waals surface area contributed by atoms with Crippen molar-refractivity contribution in [1.82, 2.24) is 0 Å². The molecule has 102 valence electrons. The fourth-order valence-corrected chi connectivity index (χ4v) is 1.86. The Morgan fingerprint density at radius 2 is 1.33 bits per heavy atom. The van der Waals surface area contributed by atoms with Gasteiger partial charge in [0.1, 0.15) is 11.5 Å². The summed E-state index contributed by atoms with van der Waals surface area (Å²) in [6.45, 7) is 2.00. The van der Waals surface area contributed by atoms with Gasteiger partial charge in [-0.25, -0.2) is 0 Å². The van der Waals surface area contributed by atoms with Gasteiger partial charge in [0.05, 0.1) is 0 Å². The molecule has 0 unspecified atom stereocenters. The largest absolute Gasteiger partial charge is 0.388 e. The van der Waals surface area contributed by atoms with Crippen molar-refractivity contribution in [3.05, 3.63) is 59.7 Å². The first-order valence-corrected chi connectivity index (χ1v) is 6.23. The molecule has 0 bridgehead atoms. The zero-order chi connectivity index (χ0) is 15.1. The predicted molar refractivity (Wildman–Crippen MR) is 78.9 cm³/mol. The molecule has 0 aliphatic carbocycles. The Morgan fingerprint density at radius 3 is 1.81 bits per heavy atom. The van der Waals surface area contributed by atoms with Gasteiger partial charge in [0, 0.05) is 0 Å². The molecule has 0 amide bonds. The molecule has 0 N–H and O–H groups in total. The SMILES string of the molecule is C/C(=C\c1ccc(OC#N)cc1)c1ccc(OC#N)cc1. The van der Waals surface area contributed by atoms with Crippen molar-refractivity contribution < 1.29 is 9.47 Å². The molecule has 0 heterocycles. The van der Waals surface area contributed by atoms with E-state index >= 15 is 0 Å². The molecule has 0 radical (unpaired) electrons. The molecule has 2 rings (SSSR count). The van der Waals surface area contributed by atoms with Gasteiger partial charge in [-0.2, -0.15) is 0 Å². The number of hydrogen-bond donors (Lipinski definition) is 0. The van der Waals surface area contributed by atoms with E-state index in [9.17, 15) is 0 Å². The second kappa shape index (κ2) is 6.79. The Kier molecular flexibility index (Phi) is 4.58. The van der Waals surface area contributed by atoms with E-state index in [1.807, 2.05) is 37.3 Å². The second-order valence-electron chi connectivity index (χ2n) is 4.31. The van der Waals surface area contributed by atoms with Crippen LogP contribution in [0.4, 0.5) is 0 Å². The Bertz CT molecular complexity index is 717. The van der Waals surface area contributed by atoms with Crippen LogP contribution in [0.3, 0.4) is 0 Å². The summed E-state index contributed by atoms with van der Waals surface area (Å²) in [6, 6.07) is 14.5. The summed E-state index contributed by atoms with van der Waals surface area (Å²) >= 11 is 0. The first-order valence-electron chi connectivity index (χ1n) is 6.23. The average Bonchev–Trinajstić information content (AvgIpc) is 2.50. The summed E-state index contributed by atoms with van der Waals surface area (Å²) in [5, 5.41) is 16.9. The van der Waals surface area contributed by atoms with E-state index in [-0.39, 0.29) is 0 Å². The van der Waals surface area contributed by atoms with E-state index < -0.39 is 0 Å². The third-order valence-electron chi connectivity index (χ3n) is 2.90. The monoisotopic (exact) mass is 276 g/mol. The second-order valence-corrected chi connectivity index (χ2v) is 4.31. The predicted octanol–water partition coefficient (Wildman–Crippen LogP) is 3.97. The van der Waals surface area contributed by atoms with Gasteiger partial charge in [0.15, 0.2) is 0 Å². The third-order valence-corrected chi connectivity index (χ3v) is 2.90. The van der Waals surface area contributed by atoms with Crippen molar-refractivity contribution in [1.29, 1.82) is 10.5 Å². The van der Waals surface area contributed by atoms with Gasteiger partial charge in [0.25, 0.3) is 12.5 Å². The summed E-state index contributed by atoms with van der Waals surface area (Å²) < 4.78 is 9.47. The first kappa shape index (κ1) is 14.2. The van der Waals surface area contributed by atoms with Crippen LogP contribution in [0, 0.1) is 23.0 Å². The molecule has 0 aliphatic heterocycles. The summed E-state index contributed by atoms with van der Waals surface area (Å²) in [6.07, 6.45) is 5.30. The van der Waals surface area contributed by atoms with Crippen LogP contribution in [0.2, 0.25) is 0 Å². The molecule has 0 saturated heterocycles. The molecule has 0 fully saturated rings. The lowest BCUT2D eigenvalue weighted by molar-refractivity contribution is 0.507. The zero-order valence-electron chi connectivity index (χ0n) is 11.4. The molecule has 2 aromatic rings. The minimum atomic E-state index is 0.519. The maximum atomic E-state index is 8.44. The fraction of sp³-hybridized carbons (Fsp3) is 0.0588. The first-order chi connectivity index (χ1) is 10.2. The summed E-state index contributed by atoms with van der Waals surface area (Å²) in [5.74, 6) is 1.04. The van der Waals surface area contributed by atoms with E-state index in [1.54, 1.807) is 36.8 Å². The Hall–Kier alpha value is -3.24. The van der Waals surface area contributed by atoms with Crippen LogP contribution in [0.5, 0.6) is 11.5 Å². The van der Waals surface area contributed by atoms with Gasteiger partial charge in [0.2, 0.25) is 0 Å². The molecular formula is C17H12N2O2. The number of nitrogens with zero attached hydrogens (tertiary/aromatic N) is 2. The maximum Gasteiger partial charge on any atom is 0.292 e. The number of nitriles is 2. The van der Waals surface area contributed by atoms with E-state index in [2.05, 4.69) is 0 Å². The highest BCUT2D eigenvalue weighted by Gasteiger charge is 1.99. The van der Waals surface area contributed by atoms with Crippen LogP contribution >= 0.6 is 0 Å². The Balaban J connectivity index is 2.16. The summed E-state index contributed by atoms with van der Waals surface area (Å²) in [4.78, 5) is 0. The van der Waals surface area contributed by atoms with Gasteiger partial charge in [-0.05, 0) is 47.9 Å². The smallest absolute Gasteiger partial charge is 0.292 e. The minimum Gasteiger partial charge on any atom is -0.388 e. The van der Waals surface area contributed by atoms with E-state index in [0.717, 1.165) is 16.7 Å². The van der Waals surface area contributed by atoms with E-state index in [4.69, 9.17) is 20.0 Å². The number of benzene rings is 2. The van der Waals surface area contributed by atoms with Crippen molar-refractivity contribution in [3.63, 3.8) is 0 Å². The third kappa shape index (κ3) is 3.86. The van der Waals surface area contributed by atoms with Crippen molar-refractivity contribution >= 4 is 11.6 Å². The van der Waals surface area contributed by atoms with Gasteiger partial charge in [-0.1, -0.05) is 30.3 Å². The Morgan fingerprint density at radius 1 is 0.857 bits per heavy atom. The van der Waals surface area contributed by atoms with Crippen molar-refractivity contribution in [2.75, 3.05) is 0 Å². The van der Waals surface area contributed by atoms with Crippen molar-refractivity contribution in [3.8, 4) is 24.0 Å². The lowest BCUT2D eigenvalue weighted by atomic mass is 10.0. The highest BCUT2D eigenvalue weighted by molar-refractivity contribution is 5.80. The minimum absolute atomic E-state index is 0.519. The molecule has 4 heteroatoms. The van der Waals surface area contributed by atoms with E-state index in [1.165, 1.54) is 0 Å². The number of rotatable bonds is 4. The van der Waals surface area contributed by atoms with Gasteiger partial charge < -0.3 is 9.47 Å². The molecule has 21 heavy (non-hydrogen) atoms. The fourth-order valence-electron chi connectivity index (χ4n) is 1.86. The molecule has 0 aromatic heterocycles. The van der Waals surface area contributed by atoms with Crippen LogP contribution in [0.25, 0.3) is 11.6 Å². The number of allylic oxidation sites excluding steroid dienone is 1. The highest BCUT2D eigenvalue weighted by Crippen LogP contribution is 2.21. The topological polar surface area (TPSA) is 66.0 Å². The average molecular weight is 276 g/mol. The molecule has 0 atom stereocenters. The lowest BCUT2D eigenvalue weighted by Gasteiger charge is -2.03. The standard InChI is InChI=1S/C17H12N2O2/c1-13(15-4-8-17(9-5-15)21-12-19)10-14-2-6-16(7-3-14)20-11-18/h2-10H,1H3/b13-10+. The molecule has 2 aromatic carbocycles. The van der Waals surface area contributed by atoms with Crippen LogP contribution in [0.15, 0.2) is 48.5 Å². The molecule has 4 nitrogen and oxygen atoms in total. The van der Waals surface area contributed by atoms with Crippen molar-refractivity contribution in [2.45, 2.75) is 6.92 Å². The lowest BCUT2D eigenvalue weighted by Crippen LogP contribution is -1.84. The van der Waals surface area contributed by atoms with Crippen LogP contribution in [-0.2, 0) is 0 Å². The summed E-state index contributed by atoms with van der Waals surface area (Å²) in [7, 11) is 0. The van der Waals surface area contributed by atoms with Crippen molar-refractivity contribution in [2.24, 2.45) is 0 Å².